The Hall–Kier alpha value is -2.41. The van der Waals surface area contributed by atoms with Crippen LogP contribution in [-0.4, -0.2) is 43.9 Å². The molecule has 32 heavy (non-hydrogen) atoms. The Bertz CT molecular complexity index is 833. The summed E-state index contributed by atoms with van der Waals surface area (Å²) in [5.74, 6) is 0. The van der Waals surface area contributed by atoms with Crippen LogP contribution in [0.15, 0.2) is 73.3 Å². The van der Waals surface area contributed by atoms with E-state index in [4.69, 9.17) is 9.16 Å². The van der Waals surface area contributed by atoms with E-state index in [1.807, 2.05) is 36.4 Å². The third-order valence-electron chi connectivity index (χ3n) is 5.26. The zero-order chi connectivity index (χ0) is 24.0. The number of hydrogen-bond acceptors (Lipinski definition) is 4. The van der Waals surface area contributed by atoms with Crippen LogP contribution in [0.5, 0.6) is 0 Å². The fraction of sp³-hybridized carbons (Fsp3) is 0.423. The van der Waals surface area contributed by atoms with Crippen LogP contribution in [0, 0.1) is 0 Å². The molecule has 0 unspecified atom stereocenters. The number of nitrogens with one attached hydrogen (secondary N) is 1. The van der Waals surface area contributed by atoms with E-state index in [0.717, 1.165) is 10.4 Å². The zero-order valence-corrected chi connectivity index (χ0v) is 21.1. The van der Waals surface area contributed by atoms with Gasteiger partial charge in [0.1, 0.15) is 5.60 Å². The molecular formula is C26H37NO4Si. The van der Waals surface area contributed by atoms with Crippen molar-refractivity contribution in [1.29, 1.82) is 0 Å². The van der Waals surface area contributed by atoms with Crippen molar-refractivity contribution in [2.45, 2.75) is 64.3 Å². The Morgan fingerprint density at radius 1 is 1.00 bits per heavy atom. The van der Waals surface area contributed by atoms with Gasteiger partial charge in [0, 0.05) is 0 Å². The van der Waals surface area contributed by atoms with Crippen LogP contribution < -0.4 is 15.7 Å². The van der Waals surface area contributed by atoms with Gasteiger partial charge in [0.2, 0.25) is 0 Å². The van der Waals surface area contributed by atoms with Gasteiger partial charge in [0.05, 0.1) is 18.8 Å². The van der Waals surface area contributed by atoms with Gasteiger partial charge in [-0.3, -0.25) is 0 Å². The molecule has 0 aliphatic heterocycles. The molecule has 0 aliphatic carbocycles. The summed E-state index contributed by atoms with van der Waals surface area (Å²) in [6.45, 7) is 15.6. The Kier molecular flexibility index (Phi) is 8.45. The summed E-state index contributed by atoms with van der Waals surface area (Å²) in [6, 6.07) is 19.7. The molecule has 0 fully saturated rings. The highest BCUT2D eigenvalue weighted by atomic mass is 28.4. The van der Waals surface area contributed by atoms with E-state index in [-0.39, 0.29) is 11.6 Å². The molecule has 2 N–H and O–H groups in total. The number of amides is 1. The van der Waals surface area contributed by atoms with Gasteiger partial charge in [-0.25, -0.2) is 4.79 Å². The number of ether oxygens (including phenoxy) is 1. The summed E-state index contributed by atoms with van der Waals surface area (Å²) in [5.41, 5.74) is -0.646. The first-order chi connectivity index (χ1) is 14.9. The molecule has 174 valence electrons. The van der Waals surface area contributed by atoms with Gasteiger partial charge in [0.15, 0.2) is 0 Å². The predicted octanol–water partition coefficient (Wildman–Crippen LogP) is 4.00. The molecule has 1 amide bonds. The molecule has 0 saturated carbocycles. The van der Waals surface area contributed by atoms with Crippen molar-refractivity contribution < 1.29 is 19.1 Å². The number of aliphatic hydroxyl groups excluding tert-OH is 1. The summed E-state index contributed by atoms with van der Waals surface area (Å²) in [7, 11) is -2.88. The van der Waals surface area contributed by atoms with Crippen molar-refractivity contribution >= 4 is 24.8 Å². The van der Waals surface area contributed by atoms with Gasteiger partial charge < -0.3 is 19.6 Å². The number of alkyl carbamates (subject to hydrolysis) is 1. The summed E-state index contributed by atoms with van der Waals surface area (Å²) in [5, 5.41) is 14.9. The van der Waals surface area contributed by atoms with Crippen LogP contribution >= 0.6 is 0 Å². The summed E-state index contributed by atoms with van der Waals surface area (Å²) in [6.07, 6.45) is 0.422. The SMILES string of the molecule is C=C[C@H](O[Si](c1ccccc1)(c1ccccc1)C(C)(C)C)[C@H](CO)NC(=O)OC(C)(C)C. The number of aliphatic hydroxyl groups is 1. The van der Waals surface area contributed by atoms with Crippen LogP contribution in [-0.2, 0) is 9.16 Å². The zero-order valence-electron chi connectivity index (χ0n) is 20.1. The largest absolute Gasteiger partial charge is 0.444 e. The van der Waals surface area contributed by atoms with Crippen LogP contribution in [0.3, 0.4) is 0 Å². The molecule has 0 heterocycles. The maximum absolute atomic E-state index is 12.4. The van der Waals surface area contributed by atoms with Crippen LogP contribution in [0.1, 0.15) is 41.5 Å². The maximum atomic E-state index is 12.4. The molecule has 5 nitrogen and oxygen atoms in total. The Balaban J connectivity index is 2.54. The van der Waals surface area contributed by atoms with Crippen LogP contribution in [0.25, 0.3) is 0 Å². The smallest absolute Gasteiger partial charge is 0.408 e. The van der Waals surface area contributed by atoms with E-state index in [1.165, 1.54) is 0 Å². The summed E-state index contributed by atoms with van der Waals surface area (Å²) in [4.78, 5) is 12.4. The minimum Gasteiger partial charge on any atom is -0.444 e. The average molecular weight is 456 g/mol. The van der Waals surface area contributed by atoms with Gasteiger partial charge in [-0.15, -0.1) is 6.58 Å². The van der Waals surface area contributed by atoms with Gasteiger partial charge in [-0.1, -0.05) is 87.5 Å². The highest BCUT2D eigenvalue weighted by molar-refractivity contribution is 6.99. The molecule has 6 heteroatoms. The van der Waals surface area contributed by atoms with E-state index < -0.39 is 32.2 Å². The fourth-order valence-electron chi connectivity index (χ4n) is 3.88. The first-order valence-corrected chi connectivity index (χ1v) is 12.9. The molecule has 2 aromatic rings. The lowest BCUT2D eigenvalue weighted by Gasteiger charge is -2.45. The minimum absolute atomic E-state index is 0.247. The quantitative estimate of drug-likeness (QED) is 0.466. The number of hydrogen-bond donors (Lipinski definition) is 2. The molecule has 0 bridgehead atoms. The van der Waals surface area contributed by atoms with Crippen LogP contribution in [0.2, 0.25) is 5.04 Å². The molecule has 0 spiro atoms. The summed E-state index contributed by atoms with van der Waals surface area (Å²) < 4.78 is 12.4. The van der Waals surface area contributed by atoms with Crippen molar-refractivity contribution in [3.63, 3.8) is 0 Å². The van der Waals surface area contributed by atoms with Gasteiger partial charge in [-0.2, -0.15) is 0 Å². The standard InChI is InChI=1S/C26H37NO4Si/c1-8-23(22(19-28)27-24(29)30-25(2,3)4)31-32(26(5,6)7,20-15-11-9-12-16-20)21-17-13-10-14-18-21/h8-18,22-23,28H,1,19H2,2-7H3,(H,27,29)/t22-,23-/m0/s1. The Labute approximate surface area is 193 Å². The van der Waals surface area contributed by atoms with Gasteiger partial charge >= 0.3 is 6.09 Å². The lowest BCUT2D eigenvalue weighted by Crippen LogP contribution is -2.69. The molecule has 2 atom stereocenters. The van der Waals surface area contributed by atoms with Gasteiger partial charge in [-0.05, 0) is 36.2 Å². The lowest BCUT2D eigenvalue weighted by molar-refractivity contribution is 0.0418. The fourth-order valence-corrected chi connectivity index (χ4v) is 8.56. The molecule has 0 aliphatic rings. The van der Waals surface area contributed by atoms with Crippen molar-refractivity contribution in [1.82, 2.24) is 5.32 Å². The van der Waals surface area contributed by atoms with Crippen molar-refractivity contribution in [2.75, 3.05) is 6.61 Å². The van der Waals surface area contributed by atoms with E-state index in [9.17, 15) is 9.90 Å². The Morgan fingerprint density at radius 3 is 1.81 bits per heavy atom. The second kappa shape index (κ2) is 10.5. The molecular weight excluding hydrogens is 418 g/mol. The van der Waals surface area contributed by atoms with Crippen molar-refractivity contribution in [3.05, 3.63) is 73.3 Å². The lowest BCUT2D eigenvalue weighted by atomic mass is 10.2. The number of carbonyl (C=O) groups is 1. The third kappa shape index (κ3) is 6.09. The van der Waals surface area contributed by atoms with E-state index >= 15 is 0 Å². The first kappa shape index (κ1) is 25.8. The Morgan fingerprint density at radius 2 is 1.47 bits per heavy atom. The number of rotatable bonds is 8. The van der Waals surface area contributed by atoms with Crippen molar-refractivity contribution in [2.24, 2.45) is 0 Å². The monoisotopic (exact) mass is 455 g/mol. The molecule has 2 rings (SSSR count). The highest BCUT2D eigenvalue weighted by Gasteiger charge is 2.52. The normalized spacial score (nSPS) is 14.3. The average Bonchev–Trinajstić information content (AvgIpc) is 2.72. The predicted molar refractivity (Wildman–Crippen MR) is 133 cm³/mol. The second-order valence-electron chi connectivity index (χ2n) is 9.92. The van der Waals surface area contributed by atoms with Gasteiger partial charge in [0.25, 0.3) is 8.32 Å². The molecule has 0 radical (unpaired) electrons. The maximum Gasteiger partial charge on any atom is 0.408 e. The number of benzene rings is 2. The van der Waals surface area contributed by atoms with Crippen LogP contribution in [0.4, 0.5) is 4.79 Å². The minimum atomic E-state index is -2.88. The first-order valence-electron chi connectivity index (χ1n) is 11.0. The summed E-state index contributed by atoms with van der Waals surface area (Å²) >= 11 is 0. The van der Waals surface area contributed by atoms with E-state index in [1.54, 1.807) is 26.8 Å². The third-order valence-corrected chi connectivity index (χ3v) is 10.3. The molecule has 0 aromatic heterocycles. The molecule has 0 saturated heterocycles. The topological polar surface area (TPSA) is 67.8 Å². The van der Waals surface area contributed by atoms with Crippen molar-refractivity contribution in [3.8, 4) is 0 Å². The van der Waals surface area contributed by atoms with E-state index in [2.05, 4.69) is 56.9 Å². The van der Waals surface area contributed by atoms with E-state index in [0.29, 0.717) is 0 Å². The molecule has 2 aromatic carbocycles. The second-order valence-corrected chi connectivity index (χ2v) is 14.2. The highest BCUT2D eigenvalue weighted by Crippen LogP contribution is 2.38. The number of carbonyl (C=O) groups excluding carboxylic acids is 1.